The monoisotopic (exact) mass is 414 g/mol. The molecular weight excluding hydrogens is 384 g/mol. The third-order valence-electron chi connectivity index (χ3n) is 4.88. The Balaban J connectivity index is 1.34. The van der Waals surface area contributed by atoms with Crippen LogP contribution in [0.2, 0.25) is 0 Å². The van der Waals surface area contributed by atoms with Crippen molar-refractivity contribution in [2.24, 2.45) is 4.99 Å². The highest BCUT2D eigenvalue weighted by Crippen LogP contribution is 2.09. The molecule has 0 aliphatic carbocycles. The summed E-state index contributed by atoms with van der Waals surface area (Å²) in [4.78, 5) is 9.95. The van der Waals surface area contributed by atoms with E-state index in [4.69, 9.17) is 4.74 Å². The molecule has 0 aromatic heterocycles. The molecule has 1 atom stereocenters. The molecule has 1 fully saturated rings. The van der Waals surface area contributed by atoms with Crippen LogP contribution in [0.15, 0.2) is 70.6 Å². The summed E-state index contributed by atoms with van der Waals surface area (Å²) in [6, 6.07) is 19.5. The average molecular weight is 415 g/mol. The van der Waals surface area contributed by atoms with Gasteiger partial charge in [-0.15, -0.1) is 0 Å². The molecule has 1 saturated heterocycles. The van der Waals surface area contributed by atoms with Crippen LogP contribution >= 0.6 is 0 Å². The second kappa shape index (κ2) is 11.6. The molecule has 156 valence electrons. The van der Waals surface area contributed by atoms with E-state index in [1.165, 1.54) is 0 Å². The molecule has 0 amide bonds. The van der Waals surface area contributed by atoms with Crippen LogP contribution in [-0.4, -0.2) is 78.6 Å². The number of nitrogens with one attached hydrogen (secondary N) is 1. The molecule has 1 aliphatic heterocycles. The topological polar surface area (TPSA) is 57.2 Å². The maximum absolute atomic E-state index is 12.3. The van der Waals surface area contributed by atoms with Gasteiger partial charge in [0.15, 0.2) is 5.96 Å². The number of rotatable bonds is 8. The lowest BCUT2D eigenvalue weighted by Gasteiger charge is -2.36. The third kappa shape index (κ3) is 6.87. The highest BCUT2D eigenvalue weighted by molar-refractivity contribution is 7.85. The molecule has 29 heavy (non-hydrogen) atoms. The first kappa shape index (κ1) is 21.3. The molecule has 0 radical (unpaired) electrons. The van der Waals surface area contributed by atoms with Gasteiger partial charge in [0.2, 0.25) is 0 Å². The van der Waals surface area contributed by atoms with Crippen molar-refractivity contribution in [1.82, 2.24) is 15.1 Å². The minimum absolute atomic E-state index is 0.569. The zero-order chi connectivity index (χ0) is 20.3. The average Bonchev–Trinajstić information content (AvgIpc) is 2.78. The Bertz CT molecular complexity index is 778. The molecule has 1 heterocycles. The Morgan fingerprint density at radius 3 is 2.34 bits per heavy atom. The molecule has 2 aromatic rings. The maximum atomic E-state index is 12.3. The van der Waals surface area contributed by atoms with E-state index in [0.717, 1.165) is 49.3 Å². The molecule has 3 rings (SSSR count). The van der Waals surface area contributed by atoms with Crippen LogP contribution in [0.3, 0.4) is 0 Å². The van der Waals surface area contributed by atoms with E-state index >= 15 is 0 Å². The summed E-state index contributed by atoms with van der Waals surface area (Å²) in [5.74, 6) is 2.37. The number of benzene rings is 2. The lowest BCUT2D eigenvalue weighted by atomic mass is 10.3. The van der Waals surface area contributed by atoms with Gasteiger partial charge in [-0.1, -0.05) is 36.4 Å². The van der Waals surface area contributed by atoms with Crippen LogP contribution in [0, 0.1) is 0 Å². The lowest BCUT2D eigenvalue weighted by Crippen LogP contribution is -2.53. The summed E-state index contributed by atoms with van der Waals surface area (Å²) >= 11 is 0. The molecule has 2 aromatic carbocycles. The van der Waals surface area contributed by atoms with Gasteiger partial charge >= 0.3 is 0 Å². The van der Waals surface area contributed by atoms with Gasteiger partial charge in [0.25, 0.3) is 0 Å². The minimum atomic E-state index is -0.990. The van der Waals surface area contributed by atoms with Crippen molar-refractivity contribution in [3.63, 3.8) is 0 Å². The van der Waals surface area contributed by atoms with Crippen LogP contribution in [0.4, 0.5) is 0 Å². The summed E-state index contributed by atoms with van der Waals surface area (Å²) < 4.78 is 18.1. The van der Waals surface area contributed by atoms with Crippen LogP contribution in [0.5, 0.6) is 5.75 Å². The second-order valence-electron chi connectivity index (χ2n) is 6.83. The van der Waals surface area contributed by atoms with E-state index in [2.05, 4.69) is 20.1 Å². The normalized spacial score (nSPS) is 16.4. The number of guanidine groups is 1. The number of para-hydroxylation sites is 1. The quantitative estimate of drug-likeness (QED) is 0.529. The summed E-state index contributed by atoms with van der Waals surface area (Å²) in [6.45, 7) is 6.07. The molecule has 1 aliphatic rings. The summed E-state index contributed by atoms with van der Waals surface area (Å²) in [7, 11) is 0.812. The van der Waals surface area contributed by atoms with Gasteiger partial charge in [-0.05, 0) is 24.3 Å². The highest BCUT2D eigenvalue weighted by atomic mass is 32.2. The smallest absolute Gasteiger partial charge is 0.193 e. The van der Waals surface area contributed by atoms with E-state index < -0.39 is 10.8 Å². The molecule has 0 spiro atoms. The van der Waals surface area contributed by atoms with Crippen molar-refractivity contribution >= 4 is 16.8 Å². The largest absolute Gasteiger partial charge is 0.492 e. The van der Waals surface area contributed by atoms with Gasteiger partial charge in [-0.3, -0.25) is 14.1 Å². The summed E-state index contributed by atoms with van der Waals surface area (Å²) in [6.07, 6.45) is 0. The number of nitrogens with zero attached hydrogens (tertiary/aromatic N) is 3. The van der Waals surface area contributed by atoms with Crippen molar-refractivity contribution in [2.45, 2.75) is 4.90 Å². The summed E-state index contributed by atoms with van der Waals surface area (Å²) in [5, 5.41) is 3.36. The van der Waals surface area contributed by atoms with Crippen molar-refractivity contribution in [3.05, 3.63) is 60.7 Å². The van der Waals surface area contributed by atoms with Gasteiger partial charge in [0.1, 0.15) is 12.4 Å². The molecule has 6 nitrogen and oxygen atoms in total. The van der Waals surface area contributed by atoms with E-state index in [1.807, 2.05) is 60.7 Å². The Morgan fingerprint density at radius 1 is 1.03 bits per heavy atom. The van der Waals surface area contributed by atoms with E-state index in [1.54, 1.807) is 7.05 Å². The van der Waals surface area contributed by atoms with E-state index in [0.29, 0.717) is 18.9 Å². The van der Waals surface area contributed by atoms with Crippen molar-refractivity contribution in [3.8, 4) is 5.75 Å². The van der Waals surface area contributed by atoms with Gasteiger partial charge in [-0.25, -0.2) is 0 Å². The minimum Gasteiger partial charge on any atom is -0.492 e. The fraction of sp³-hybridized carbons (Fsp3) is 0.409. The van der Waals surface area contributed by atoms with Gasteiger partial charge in [0.05, 0.1) is 10.8 Å². The SMILES string of the molecule is CN=C(NCCS(=O)c1ccccc1)N1CCN(CCOc2ccccc2)CC1. The fourth-order valence-electron chi connectivity index (χ4n) is 3.27. The highest BCUT2D eigenvalue weighted by Gasteiger charge is 2.19. The number of hydrogen-bond donors (Lipinski definition) is 1. The van der Waals surface area contributed by atoms with Crippen LogP contribution < -0.4 is 10.1 Å². The third-order valence-corrected chi connectivity index (χ3v) is 6.25. The van der Waals surface area contributed by atoms with Crippen LogP contribution in [0.25, 0.3) is 0 Å². The number of hydrogen-bond acceptors (Lipinski definition) is 4. The Labute approximate surface area is 176 Å². The number of piperazine rings is 1. The molecule has 1 N–H and O–H groups in total. The second-order valence-corrected chi connectivity index (χ2v) is 8.40. The summed E-state index contributed by atoms with van der Waals surface area (Å²) in [5.41, 5.74) is 0. The van der Waals surface area contributed by atoms with Crippen LogP contribution in [0.1, 0.15) is 0 Å². The van der Waals surface area contributed by atoms with E-state index in [9.17, 15) is 4.21 Å². The van der Waals surface area contributed by atoms with Crippen LogP contribution in [-0.2, 0) is 10.8 Å². The van der Waals surface area contributed by atoms with Gasteiger partial charge in [-0.2, -0.15) is 0 Å². The lowest BCUT2D eigenvalue weighted by molar-refractivity contribution is 0.152. The zero-order valence-electron chi connectivity index (χ0n) is 17.0. The molecule has 0 saturated carbocycles. The Kier molecular flexibility index (Phi) is 8.52. The maximum Gasteiger partial charge on any atom is 0.193 e. The van der Waals surface area contributed by atoms with Gasteiger partial charge in [0, 0.05) is 57.0 Å². The number of ether oxygens (including phenoxy) is 1. The standard InChI is InChI=1S/C22H30N4O2S/c1-23-22(24-12-19-29(27)21-10-6-3-7-11-21)26-15-13-25(14-16-26)17-18-28-20-8-4-2-5-9-20/h2-11H,12-19H2,1H3,(H,23,24). The van der Waals surface area contributed by atoms with Crippen molar-refractivity contribution < 1.29 is 8.95 Å². The first-order valence-corrected chi connectivity index (χ1v) is 11.4. The van der Waals surface area contributed by atoms with E-state index in [-0.39, 0.29) is 0 Å². The molecular formula is C22H30N4O2S. The molecule has 0 bridgehead atoms. The van der Waals surface area contributed by atoms with Crippen molar-refractivity contribution in [1.29, 1.82) is 0 Å². The Hall–Kier alpha value is -2.38. The predicted molar refractivity (Wildman–Crippen MR) is 119 cm³/mol. The first-order valence-electron chi connectivity index (χ1n) is 10.1. The fourth-order valence-corrected chi connectivity index (χ4v) is 4.25. The predicted octanol–water partition coefficient (Wildman–Crippen LogP) is 2.07. The zero-order valence-corrected chi connectivity index (χ0v) is 17.8. The molecule has 1 unspecified atom stereocenters. The Morgan fingerprint density at radius 2 is 1.69 bits per heavy atom. The van der Waals surface area contributed by atoms with Gasteiger partial charge < -0.3 is 15.0 Å². The first-order chi connectivity index (χ1) is 14.3. The molecule has 7 heteroatoms. The number of aliphatic imine (C=N–C) groups is 1. The van der Waals surface area contributed by atoms with Crippen molar-refractivity contribution in [2.75, 3.05) is 58.7 Å².